The number of anilines is 1. The van der Waals surface area contributed by atoms with Gasteiger partial charge in [0.1, 0.15) is 5.00 Å². The van der Waals surface area contributed by atoms with E-state index < -0.39 is 17.8 Å². The zero-order valence-corrected chi connectivity index (χ0v) is 17.0. The maximum atomic E-state index is 12.5. The summed E-state index contributed by atoms with van der Waals surface area (Å²) in [5.74, 6) is -1.80. The first-order valence-corrected chi connectivity index (χ1v) is 10.2. The number of amides is 2. The van der Waals surface area contributed by atoms with E-state index in [9.17, 15) is 14.4 Å². The van der Waals surface area contributed by atoms with E-state index in [2.05, 4.69) is 27.8 Å². The molecule has 0 aliphatic heterocycles. The number of pyridine rings is 1. The van der Waals surface area contributed by atoms with Gasteiger partial charge < -0.3 is 10.1 Å². The van der Waals surface area contributed by atoms with E-state index in [1.54, 1.807) is 31.5 Å². The molecule has 0 saturated carbocycles. The quantitative estimate of drug-likeness (QED) is 0.338. The van der Waals surface area contributed by atoms with Gasteiger partial charge in [-0.05, 0) is 55.4 Å². The summed E-state index contributed by atoms with van der Waals surface area (Å²) in [7, 11) is 0. The molecule has 0 fully saturated rings. The number of thiophene rings is 1. The van der Waals surface area contributed by atoms with Crippen molar-refractivity contribution in [2.45, 2.75) is 33.1 Å². The molecule has 0 spiro atoms. The lowest BCUT2D eigenvalue weighted by molar-refractivity contribution is -0.136. The van der Waals surface area contributed by atoms with Crippen LogP contribution in [0.15, 0.2) is 29.6 Å². The van der Waals surface area contributed by atoms with Gasteiger partial charge in [0.2, 0.25) is 0 Å². The first-order valence-electron chi connectivity index (χ1n) is 9.35. The van der Waals surface area contributed by atoms with E-state index in [0.717, 1.165) is 35.3 Å². The number of rotatable bonds is 5. The zero-order valence-electron chi connectivity index (χ0n) is 16.2. The Morgan fingerprint density at radius 3 is 2.79 bits per heavy atom. The zero-order chi connectivity index (χ0) is 20.8. The Balaban J connectivity index is 1.72. The smallest absolute Gasteiger partial charge is 0.341 e. The standard InChI is InChI=1S/C20H22N4O4S/c1-3-28-20(27)16-14-5-4-12(2)10-15(14)29-19(16)23-17(25)18(26)24-22-11-13-6-8-21-9-7-13/h6-9,11-12H,3-5,10H2,1-2H3,(H,23,25)(H,24,26)/b22-11+. The lowest BCUT2D eigenvalue weighted by Crippen LogP contribution is -2.32. The lowest BCUT2D eigenvalue weighted by atomic mass is 9.88. The van der Waals surface area contributed by atoms with Gasteiger partial charge >= 0.3 is 17.8 Å². The Hall–Kier alpha value is -3.07. The van der Waals surface area contributed by atoms with Crippen molar-refractivity contribution < 1.29 is 19.1 Å². The second-order valence-corrected chi connectivity index (χ2v) is 7.82. The van der Waals surface area contributed by atoms with Crippen molar-refractivity contribution in [3.05, 3.63) is 46.1 Å². The van der Waals surface area contributed by atoms with E-state index in [4.69, 9.17) is 4.74 Å². The number of carbonyl (C=O) groups is 3. The third-order valence-corrected chi connectivity index (χ3v) is 5.68. The molecule has 2 aromatic heterocycles. The number of hydrazone groups is 1. The number of carbonyl (C=O) groups excluding carboxylic acids is 3. The predicted octanol–water partition coefficient (Wildman–Crippen LogP) is 2.53. The molecular weight excluding hydrogens is 392 g/mol. The number of nitrogens with zero attached hydrogens (tertiary/aromatic N) is 2. The summed E-state index contributed by atoms with van der Waals surface area (Å²) in [6.45, 7) is 4.11. The molecule has 0 saturated heterocycles. The number of nitrogens with one attached hydrogen (secondary N) is 2. The molecule has 9 heteroatoms. The van der Waals surface area contributed by atoms with Crippen molar-refractivity contribution >= 4 is 40.3 Å². The van der Waals surface area contributed by atoms with Crippen LogP contribution in [0.2, 0.25) is 0 Å². The van der Waals surface area contributed by atoms with E-state index in [1.165, 1.54) is 17.6 Å². The predicted molar refractivity (Wildman–Crippen MR) is 110 cm³/mol. The van der Waals surface area contributed by atoms with E-state index in [-0.39, 0.29) is 6.61 Å². The van der Waals surface area contributed by atoms with Crippen LogP contribution >= 0.6 is 11.3 Å². The second kappa shape index (κ2) is 9.42. The van der Waals surface area contributed by atoms with Gasteiger partial charge in [-0.25, -0.2) is 10.2 Å². The van der Waals surface area contributed by atoms with Crippen molar-refractivity contribution in [1.29, 1.82) is 0 Å². The summed E-state index contributed by atoms with van der Waals surface area (Å²) >= 11 is 1.33. The Morgan fingerprint density at radius 2 is 2.07 bits per heavy atom. The summed E-state index contributed by atoms with van der Waals surface area (Å²) in [5.41, 5.74) is 4.18. The van der Waals surface area contributed by atoms with Gasteiger partial charge in [0.15, 0.2) is 0 Å². The lowest BCUT2D eigenvalue weighted by Gasteiger charge is -2.18. The molecular formula is C20H22N4O4S. The monoisotopic (exact) mass is 414 g/mol. The number of ether oxygens (including phenoxy) is 1. The molecule has 1 atom stereocenters. The van der Waals surface area contributed by atoms with Crippen LogP contribution < -0.4 is 10.7 Å². The van der Waals surface area contributed by atoms with Gasteiger partial charge in [-0.15, -0.1) is 11.3 Å². The molecule has 2 heterocycles. The minimum atomic E-state index is -0.926. The molecule has 2 N–H and O–H groups in total. The summed E-state index contributed by atoms with van der Waals surface area (Å²) in [6.07, 6.45) is 7.14. The first kappa shape index (κ1) is 20.7. The molecule has 0 aromatic carbocycles. The fraction of sp³-hybridized carbons (Fsp3) is 0.350. The molecule has 1 aliphatic carbocycles. The minimum absolute atomic E-state index is 0.234. The fourth-order valence-electron chi connectivity index (χ4n) is 3.08. The number of hydrogen-bond donors (Lipinski definition) is 2. The Bertz CT molecular complexity index is 939. The van der Waals surface area contributed by atoms with Crippen LogP contribution in [0.4, 0.5) is 5.00 Å². The number of esters is 1. The summed E-state index contributed by atoms with van der Waals surface area (Å²) in [4.78, 5) is 41.8. The molecule has 0 radical (unpaired) electrons. The van der Waals surface area contributed by atoms with Crippen LogP contribution in [0.25, 0.3) is 0 Å². The van der Waals surface area contributed by atoms with Crippen molar-refractivity contribution in [3.8, 4) is 0 Å². The van der Waals surface area contributed by atoms with Crippen molar-refractivity contribution in [1.82, 2.24) is 10.4 Å². The molecule has 1 unspecified atom stereocenters. The maximum Gasteiger partial charge on any atom is 0.341 e. The highest BCUT2D eigenvalue weighted by Gasteiger charge is 2.30. The van der Waals surface area contributed by atoms with Crippen LogP contribution in [0.3, 0.4) is 0 Å². The molecule has 3 rings (SSSR count). The summed E-state index contributed by atoms with van der Waals surface area (Å²) in [6, 6.07) is 3.41. The topological polar surface area (TPSA) is 110 Å². The largest absolute Gasteiger partial charge is 0.462 e. The fourth-order valence-corrected chi connectivity index (χ4v) is 4.48. The van der Waals surface area contributed by atoms with Crippen LogP contribution in [0.5, 0.6) is 0 Å². The molecule has 0 bridgehead atoms. The van der Waals surface area contributed by atoms with Crippen LogP contribution in [-0.2, 0) is 27.2 Å². The Morgan fingerprint density at radius 1 is 1.31 bits per heavy atom. The molecule has 1 aliphatic rings. The van der Waals surface area contributed by atoms with Gasteiger partial charge in [0.25, 0.3) is 0 Å². The van der Waals surface area contributed by atoms with Gasteiger partial charge in [-0.2, -0.15) is 5.10 Å². The average Bonchev–Trinajstić information content (AvgIpc) is 3.05. The molecule has 2 amide bonds. The molecule has 8 nitrogen and oxygen atoms in total. The molecule has 29 heavy (non-hydrogen) atoms. The normalized spacial score (nSPS) is 15.6. The van der Waals surface area contributed by atoms with Crippen molar-refractivity contribution in [3.63, 3.8) is 0 Å². The van der Waals surface area contributed by atoms with Gasteiger partial charge in [0.05, 0.1) is 18.4 Å². The van der Waals surface area contributed by atoms with Crippen LogP contribution in [0, 0.1) is 5.92 Å². The maximum absolute atomic E-state index is 12.5. The minimum Gasteiger partial charge on any atom is -0.462 e. The Labute approximate surface area is 172 Å². The highest BCUT2D eigenvalue weighted by Crippen LogP contribution is 2.40. The first-order chi connectivity index (χ1) is 14.0. The van der Waals surface area contributed by atoms with E-state index in [1.807, 2.05) is 0 Å². The number of hydrogen-bond acceptors (Lipinski definition) is 7. The van der Waals surface area contributed by atoms with Gasteiger partial charge in [0, 0.05) is 17.3 Å². The van der Waals surface area contributed by atoms with Crippen LogP contribution in [-0.4, -0.2) is 35.6 Å². The Kier molecular flexibility index (Phi) is 6.71. The highest BCUT2D eigenvalue weighted by atomic mass is 32.1. The molecule has 152 valence electrons. The third-order valence-electron chi connectivity index (χ3n) is 4.51. The SMILES string of the molecule is CCOC(=O)c1c(NC(=O)C(=O)N/N=C/c2ccncc2)sc2c1CCC(C)C2. The molecule has 2 aromatic rings. The summed E-state index contributed by atoms with van der Waals surface area (Å²) in [5, 5.41) is 6.67. The second-order valence-electron chi connectivity index (χ2n) is 6.71. The number of aromatic nitrogens is 1. The summed E-state index contributed by atoms with van der Waals surface area (Å²) < 4.78 is 5.16. The van der Waals surface area contributed by atoms with E-state index >= 15 is 0 Å². The van der Waals surface area contributed by atoms with Gasteiger partial charge in [-0.3, -0.25) is 14.6 Å². The average molecular weight is 414 g/mol. The number of fused-ring (bicyclic) bond motifs is 1. The third kappa shape index (κ3) is 5.05. The van der Waals surface area contributed by atoms with Gasteiger partial charge in [-0.1, -0.05) is 6.92 Å². The highest BCUT2D eigenvalue weighted by molar-refractivity contribution is 7.17. The van der Waals surface area contributed by atoms with Crippen LogP contribution in [0.1, 0.15) is 46.6 Å². The van der Waals surface area contributed by atoms with Crippen molar-refractivity contribution in [2.24, 2.45) is 11.0 Å². The van der Waals surface area contributed by atoms with E-state index in [0.29, 0.717) is 16.5 Å². The van der Waals surface area contributed by atoms with Crippen molar-refractivity contribution in [2.75, 3.05) is 11.9 Å².